The highest BCUT2D eigenvalue weighted by molar-refractivity contribution is 6.23. The van der Waals surface area contributed by atoms with Gasteiger partial charge in [0, 0.05) is 6.04 Å². The van der Waals surface area contributed by atoms with Gasteiger partial charge in [-0.05, 0) is 26.8 Å². The van der Waals surface area contributed by atoms with E-state index in [9.17, 15) is 36.7 Å². The molecule has 0 aliphatic carbocycles. The lowest BCUT2D eigenvalue weighted by molar-refractivity contribution is -0.146. The zero-order chi connectivity index (χ0) is 20.0. The van der Waals surface area contributed by atoms with Crippen molar-refractivity contribution in [3.63, 3.8) is 0 Å². The summed E-state index contributed by atoms with van der Waals surface area (Å²) in [5.74, 6) is -12.1. The average Bonchev–Trinajstić information content (AvgIpc) is 2.54. The SMILES string of the molecule is CC(C)N1C(=O)NC(=O)[C@](C)(NC(=O)c2cc(F)c(F)c(F)c2F)C1=O. The second kappa shape index (κ2) is 6.39. The van der Waals surface area contributed by atoms with Gasteiger partial charge in [-0.15, -0.1) is 0 Å². The molecule has 1 fully saturated rings. The first-order valence-electron chi connectivity index (χ1n) is 7.26. The van der Waals surface area contributed by atoms with Crippen LogP contribution in [-0.4, -0.2) is 40.2 Å². The van der Waals surface area contributed by atoms with E-state index in [0.717, 1.165) is 6.92 Å². The molecule has 1 atom stereocenters. The summed E-state index contributed by atoms with van der Waals surface area (Å²) in [5, 5.41) is 3.69. The van der Waals surface area contributed by atoms with Gasteiger partial charge in [-0.2, -0.15) is 0 Å². The van der Waals surface area contributed by atoms with Gasteiger partial charge in [-0.1, -0.05) is 0 Å². The number of hydrogen-bond acceptors (Lipinski definition) is 4. The summed E-state index contributed by atoms with van der Waals surface area (Å²) in [6.45, 7) is 3.85. The van der Waals surface area contributed by atoms with Gasteiger partial charge in [-0.3, -0.25) is 24.6 Å². The van der Waals surface area contributed by atoms with Crippen molar-refractivity contribution in [3.8, 4) is 0 Å². The van der Waals surface area contributed by atoms with Crippen LogP contribution in [0.3, 0.4) is 0 Å². The maximum atomic E-state index is 13.7. The highest BCUT2D eigenvalue weighted by Gasteiger charge is 2.52. The van der Waals surface area contributed by atoms with Crippen LogP contribution in [0.5, 0.6) is 0 Å². The van der Waals surface area contributed by atoms with E-state index >= 15 is 0 Å². The fraction of sp³-hybridized carbons (Fsp3) is 0.333. The van der Waals surface area contributed by atoms with Crippen molar-refractivity contribution in [2.75, 3.05) is 0 Å². The second-order valence-electron chi connectivity index (χ2n) is 5.96. The first-order chi connectivity index (χ1) is 11.9. The number of benzene rings is 1. The van der Waals surface area contributed by atoms with Gasteiger partial charge in [0.1, 0.15) is 0 Å². The van der Waals surface area contributed by atoms with E-state index < -0.39 is 64.2 Å². The fourth-order valence-electron chi connectivity index (χ4n) is 2.32. The molecule has 7 nitrogen and oxygen atoms in total. The molecule has 0 bridgehead atoms. The van der Waals surface area contributed by atoms with Crippen LogP contribution in [-0.2, 0) is 9.59 Å². The van der Waals surface area contributed by atoms with Crippen molar-refractivity contribution in [2.45, 2.75) is 32.4 Å². The summed E-state index contributed by atoms with van der Waals surface area (Å²) in [6, 6.07) is -1.63. The Balaban J connectivity index is 2.43. The van der Waals surface area contributed by atoms with E-state index in [1.54, 1.807) is 0 Å². The number of amides is 5. The number of hydrogen-bond donors (Lipinski definition) is 2. The summed E-state index contributed by atoms with van der Waals surface area (Å²) >= 11 is 0. The zero-order valence-corrected chi connectivity index (χ0v) is 13.7. The largest absolute Gasteiger partial charge is 0.331 e. The average molecular weight is 375 g/mol. The molecule has 1 aromatic rings. The number of rotatable bonds is 3. The third-order valence-corrected chi connectivity index (χ3v) is 3.77. The molecule has 0 aromatic heterocycles. The lowest BCUT2D eigenvalue weighted by Crippen LogP contribution is -2.73. The Bertz CT molecular complexity index is 843. The molecule has 1 heterocycles. The van der Waals surface area contributed by atoms with Gasteiger partial charge in [0.15, 0.2) is 28.8 Å². The molecule has 5 amide bonds. The summed E-state index contributed by atoms with van der Waals surface area (Å²) in [5.41, 5.74) is -3.61. The molecule has 2 N–H and O–H groups in total. The Morgan fingerprint density at radius 3 is 2.23 bits per heavy atom. The van der Waals surface area contributed by atoms with Crippen LogP contribution in [0, 0.1) is 23.3 Å². The van der Waals surface area contributed by atoms with Crippen molar-refractivity contribution in [3.05, 3.63) is 34.9 Å². The third kappa shape index (κ3) is 2.89. The van der Waals surface area contributed by atoms with Gasteiger partial charge < -0.3 is 5.32 Å². The van der Waals surface area contributed by atoms with Crippen LogP contribution < -0.4 is 10.6 Å². The molecule has 0 radical (unpaired) electrons. The van der Waals surface area contributed by atoms with Crippen molar-refractivity contribution in [1.82, 2.24) is 15.5 Å². The molecular formula is C15H13F4N3O4. The Kier molecular flexibility index (Phi) is 4.75. The number of nitrogens with one attached hydrogen (secondary N) is 2. The van der Waals surface area contributed by atoms with E-state index in [2.05, 4.69) is 0 Å². The van der Waals surface area contributed by atoms with Crippen molar-refractivity contribution >= 4 is 23.8 Å². The van der Waals surface area contributed by atoms with Gasteiger partial charge in [0.05, 0.1) is 5.56 Å². The van der Waals surface area contributed by atoms with E-state index in [1.807, 2.05) is 10.6 Å². The van der Waals surface area contributed by atoms with Crippen molar-refractivity contribution in [1.29, 1.82) is 0 Å². The van der Waals surface area contributed by atoms with Gasteiger partial charge >= 0.3 is 6.03 Å². The predicted octanol–water partition coefficient (Wildman–Crippen LogP) is 1.22. The Morgan fingerprint density at radius 2 is 1.69 bits per heavy atom. The highest BCUT2D eigenvalue weighted by Crippen LogP contribution is 2.22. The Hall–Kier alpha value is -2.98. The minimum atomic E-state index is -2.36. The monoisotopic (exact) mass is 375 g/mol. The van der Waals surface area contributed by atoms with E-state index in [0.29, 0.717) is 4.90 Å². The predicted molar refractivity (Wildman–Crippen MR) is 77.7 cm³/mol. The van der Waals surface area contributed by atoms with Crippen LogP contribution in [0.4, 0.5) is 22.4 Å². The molecule has 11 heteroatoms. The number of halogens is 4. The lowest BCUT2D eigenvalue weighted by atomic mass is 9.95. The smallest absolute Gasteiger partial charge is 0.330 e. The van der Waals surface area contributed by atoms with Crippen LogP contribution in [0.25, 0.3) is 0 Å². The van der Waals surface area contributed by atoms with E-state index in [4.69, 9.17) is 0 Å². The Morgan fingerprint density at radius 1 is 1.12 bits per heavy atom. The molecule has 1 aliphatic rings. The standard InChI is InChI=1S/C15H13F4N3O4/c1-5(2)22-13(25)15(3,12(24)20-14(22)26)21-11(23)6-4-7(16)9(18)10(19)8(6)17/h4-5H,1-3H3,(H,21,23)(H,20,24,26)/t15-/m0/s1. The maximum absolute atomic E-state index is 13.7. The number of urea groups is 1. The molecule has 0 unspecified atom stereocenters. The molecule has 0 saturated carbocycles. The van der Waals surface area contributed by atoms with Crippen LogP contribution in [0.2, 0.25) is 0 Å². The minimum Gasteiger partial charge on any atom is -0.330 e. The van der Waals surface area contributed by atoms with Gasteiger partial charge in [0.25, 0.3) is 17.7 Å². The normalized spacial score (nSPS) is 20.5. The molecule has 140 valence electrons. The summed E-state index contributed by atoms with van der Waals surface area (Å²) in [6.07, 6.45) is 0. The fourth-order valence-corrected chi connectivity index (χ4v) is 2.32. The first-order valence-corrected chi connectivity index (χ1v) is 7.26. The molecule has 26 heavy (non-hydrogen) atoms. The summed E-state index contributed by atoms with van der Waals surface area (Å²) in [4.78, 5) is 49.1. The van der Waals surface area contributed by atoms with Crippen LogP contribution >= 0.6 is 0 Å². The third-order valence-electron chi connectivity index (χ3n) is 3.77. The van der Waals surface area contributed by atoms with Crippen molar-refractivity contribution < 1.29 is 36.7 Å². The molecule has 1 aliphatic heterocycles. The number of imide groups is 2. The Labute approximate surface area is 144 Å². The topological polar surface area (TPSA) is 95.6 Å². The molecule has 2 rings (SSSR count). The molecule has 0 spiro atoms. The lowest BCUT2D eigenvalue weighted by Gasteiger charge is -2.39. The summed E-state index contributed by atoms with van der Waals surface area (Å²) in [7, 11) is 0. The number of carbonyl (C=O) groups is 4. The minimum absolute atomic E-state index is 0.0863. The van der Waals surface area contributed by atoms with E-state index in [-0.39, 0.29) is 6.07 Å². The molecule has 1 saturated heterocycles. The quantitative estimate of drug-likeness (QED) is 0.359. The van der Waals surface area contributed by atoms with Crippen molar-refractivity contribution in [2.24, 2.45) is 0 Å². The van der Waals surface area contributed by atoms with E-state index in [1.165, 1.54) is 13.8 Å². The number of carbonyl (C=O) groups excluding carboxylic acids is 4. The van der Waals surface area contributed by atoms with Crippen LogP contribution in [0.1, 0.15) is 31.1 Å². The number of barbiturate groups is 1. The number of nitrogens with zero attached hydrogens (tertiary/aromatic N) is 1. The highest BCUT2D eigenvalue weighted by atomic mass is 19.2. The second-order valence-corrected chi connectivity index (χ2v) is 5.96. The van der Waals surface area contributed by atoms with Gasteiger partial charge in [-0.25, -0.2) is 22.4 Å². The van der Waals surface area contributed by atoms with Gasteiger partial charge in [0.2, 0.25) is 0 Å². The maximum Gasteiger partial charge on any atom is 0.331 e. The molecule has 1 aromatic carbocycles. The zero-order valence-electron chi connectivity index (χ0n) is 13.7. The summed E-state index contributed by atoms with van der Waals surface area (Å²) < 4.78 is 53.3. The first kappa shape index (κ1) is 19.3. The molecular weight excluding hydrogens is 362 g/mol. The van der Waals surface area contributed by atoms with Crippen LogP contribution in [0.15, 0.2) is 6.07 Å².